The van der Waals surface area contributed by atoms with Gasteiger partial charge in [0.2, 0.25) is 0 Å². The maximum absolute atomic E-state index is 6.19. The Hall–Kier alpha value is 0.460. The minimum atomic E-state index is -1.09. The second-order valence-electron chi connectivity index (χ2n) is 4.03. The fourth-order valence-corrected chi connectivity index (χ4v) is 2.57. The van der Waals surface area contributed by atoms with Crippen LogP contribution in [0.1, 0.15) is 38.5 Å². The summed E-state index contributed by atoms with van der Waals surface area (Å²) in [7, 11) is 0. The zero-order valence-corrected chi connectivity index (χ0v) is 10.1. The molecular formula is C10H16Cl2O3. The van der Waals surface area contributed by atoms with Crippen LogP contribution in [0.2, 0.25) is 0 Å². The summed E-state index contributed by atoms with van der Waals surface area (Å²) < 4.78 is 16.4. The summed E-state index contributed by atoms with van der Waals surface area (Å²) in [5, 5.41) is -2.17. The number of hydrogen-bond acceptors (Lipinski definition) is 3. The van der Waals surface area contributed by atoms with Crippen molar-refractivity contribution in [3.8, 4) is 0 Å². The van der Waals surface area contributed by atoms with E-state index in [2.05, 4.69) is 0 Å². The van der Waals surface area contributed by atoms with Crippen LogP contribution in [0.25, 0.3) is 0 Å². The first-order valence-corrected chi connectivity index (χ1v) is 6.23. The second kappa shape index (κ2) is 4.76. The molecular weight excluding hydrogens is 239 g/mol. The highest BCUT2D eigenvalue weighted by Gasteiger charge is 2.43. The van der Waals surface area contributed by atoms with E-state index in [-0.39, 0.29) is 0 Å². The van der Waals surface area contributed by atoms with Crippen LogP contribution in [0.15, 0.2) is 0 Å². The third-order valence-corrected chi connectivity index (χ3v) is 3.43. The van der Waals surface area contributed by atoms with Crippen LogP contribution in [-0.4, -0.2) is 23.7 Å². The molecule has 2 saturated heterocycles. The van der Waals surface area contributed by atoms with Crippen LogP contribution in [0.4, 0.5) is 0 Å². The summed E-state index contributed by atoms with van der Waals surface area (Å²) in [5.74, 6) is 0. The van der Waals surface area contributed by atoms with Gasteiger partial charge >= 0.3 is 0 Å². The van der Waals surface area contributed by atoms with Crippen molar-refractivity contribution in [1.82, 2.24) is 0 Å². The maximum Gasteiger partial charge on any atom is 0.251 e. The third kappa shape index (κ3) is 3.21. The second-order valence-corrected chi connectivity index (χ2v) is 5.18. The average molecular weight is 255 g/mol. The molecule has 0 N–H and O–H groups in total. The third-order valence-electron chi connectivity index (χ3n) is 2.68. The summed E-state index contributed by atoms with van der Waals surface area (Å²) in [6, 6.07) is 0. The van der Waals surface area contributed by atoms with Gasteiger partial charge in [0.05, 0.1) is 13.2 Å². The molecule has 3 nitrogen and oxygen atoms in total. The molecule has 0 aromatic heterocycles. The monoisotopic (exact) mass is 254 g/mol. The molecule has 0 aromatic rings. The highest BCUT2D eigenvalue weighted by atomic mass is 35.5. The van der Waals surface area contributed by atoms with E-state index >= 15 is 0 Å². The zero-order valence-electron chi connectivity index (χ0n) is 8.64. The molecule has 0 saturated carbocycles. The van der Waals surface area contributed by atoms with Gasteiger partial charge in [0.1, 0.15) is 0 Å². The van der Waals surface area contributed by atoms with E-state index in [0.717, 1.165) is 25.7 Å². The molecule has 2 atom stereocenters. The largest absolute Gasteiger partial charge is 0.337 e. The standard InChI is InChI=1S/C10H16Cl2O3/c11-9(5-1-3-7-13-9)15-10(12)6-2-4-8-14-10/h1-8H2. The summed E-state index contributed by atoms with van der Waals surface area (Å²) >= 11 is 12.4. The fourth-order valence-electron chi connectivity index (χ4n) is 1.86. The summed E-state index contributed by atoms with van der Waals surface area (Å²) in [5.41, 5.74) is 0. The van der Waals surface area contributed by atoms with E-state index < -0.39 is 10.5 Å². The van der Waals surface area contributed by atoms with Crippen molar-refractivity contribution in [3.63, 3.8) is 0 Å². The van der Waals surface area contributed by atoms with E-state index in [4.69, 9.17) is 37.4 Å². The molecule has 0 radical (unpaired) electrons. The van der Waals surface area contributed by atoms with Crippen molar-refractivity contribution in [2.75, 3.05) is 13.2 Å². The maximum atomic E-state index is 6.19. The fraction of sp³-hybridized carbons (Fsp3) is 1.00. The highest BCUT2D eigenvalue weighted by molar-refractivity contribution is 6.24. The van der Waals surface area contributed by atoms with Crippen LogP contribution in [0, 0.1) is 0 Å². The predicted molar refractivity (Wildman–Crippen MR) is 57.9 cm³/mol. The van der Waals surface area contributed by atoms with Gasteiger partial charge in [-0.15, -0.1) is 0 Å². The number of ether oxygens (including phenoxy) is 3. The van der Waals surface area contributed by atoms with Gasteiger partial charge in [-0.25, -0.2) is 0 Å². The van der Waals surface area contributed by atoms with Crippen LogP contribution in [0.5, 0.6) is 0 Å². The molecule has 15 heavy (non-hydrogen) atoms. The first-order valence-electron chi connectivity index (χ1n) is 5.48. The van der Waals surface area contributed by atoms with Crippen molar-refractivity contribution < 1.29 is 14.2 Å². The van der Waals surface area contributed by atoms with Crippen LogP contribution < -0.4 is 0 Å². The highest BCUT2D eigenvalue weighted by Crippen LogP contribution is 2.40. The Kier molecular flexibility index (Phi) is 3.79. The normalized spacial score (nSPS) is 42.8. The smallest absolute Gasteiger partial charge is 0.251 e. The lowest BCUT2D eigenvalue weighted by Gasteiger charge is -2.39. The number of alkyl halides is 2. The van der Waals surface area contributed by atoms with Gasteiger partial charge in [-0.3, -0.25) is 4.74 Å². The Bertz CT molecular complexity index is 189. The van der Waals surface area contributed by atoms with Gasteiger partial charge in [-0.05, 0) is 25.7 Å². The summed E-state index contributed by atoms with van der Waals surface area (Å²) in [6.07, 6.45) is 5.35. The molecule has 2 aliphatic heterocycles. The van der Waals surface area contributed by atoms with E-state index in [1.807, 2.05) is 0 Å². The van der Waals surface area contributed by atoms with E-state index in [1.54, 1.807) is 0 Å². The van der Waals surface area contributed by atoms with E-state index in [9.17, 15) is 0 Å². The topological polar surface area (TPSA) is 27.7 Å². The first kappa shape index (κ1) is 11.9. The zero-order chi connectivity index (χ0) is 10.8. The lowest BCUT2D eigenvalue weighted by Crippen LogP contribution is -2.44. The molecule has 2 fully saturated rings. The lowest BCUT2D eigenvalue weighted by atomic mass is 10.2. The van der Waals surface area contributed by atoms with Gasteiger partial charge in [0.25, 0.3) is 10.5 Å². The number of halogens is 2. The predicted octanol–water partition coefficient (Wildman–Crippen LogP) is 3.19. The van der Waals surface area contributed by atoms with Crippen molar-refractivity contribution >= 4 is 23.2 Å². The summed E-state index contributed by atoms with van der Waals surface area (Å²) in [6.45, 7) is 1.24. The molecule has 0 amide bonds. The molecule has 88 valence electrons. The van der Waals surface area contributed by atoms with Crippen molar-refractivity contribution in [3.05, 3.63) is 0 Å². The first-order chi connectivity index (χ1) is 7.12. The SMILES string of the molecule is ClC1(OC2(Cl)CCCCO2)CCCCO1. The van der Waals surface area contributed by atoms with Gasteiger partial charge in [-0.1, -0.05) is 23.2 Å². The van der Waals surface area contributed by atoms with Crippen molar-refractivity contribution in [2.45, 2.75) is 49.0 Å². The molecule has 0 bridgehead atoms. The minimum absolute atomic E-state index is 0.621. The molecule has 2 aliphatic rings. The van der Waals surface area contributed by atoms with Crippen LogP contribution >= 0.6 is 23.2 Å². The van der Waals surface area contributed by atoms with E-state index in [0.29, 0.717) is 26.1 Å². The van der Waals surface area contributed by atoms with Gasteiger partial charge in [0, 0.05) is 12.8 Å². The van der Waals surface area contributed by atoms with Crippen molar-refractivity contribution in [2.24, 2.45) is 0 Å². The molecule has 0 aromatic carbocycles. The molecule has 2 unspecified atom stereocenters. The average Bonchev–Trinajstić information content (AvgIpc) is 2.18. The van der Waals surface area contributed by atoms with Crippen LogP contribution in [0.3, 0.4) is 0 Å². The number of hydrogen-bond donors (Lipinski definition) is 0. The quantitative estimate of drug-likeness (QED) is 0.709. The lowest BCUT2D eigenvalue weighted by molar-refractivity contribution is -0.308. The molecule has 0 spiro atoms. The van der Waals surface area contributed by atoms with Gasteiger partial charge < -0.3 is 9.47 Å². The Balaban J connectivity index is 1.93. The Morgan fingerprint density at radius 2 is 1.27 bits per heavy atom. The Morgan fingerprint density at radius 3 is 1.60 bits per heavy atom. The molecule has 0 aliphatic carbocycles. The Morgan fingerprint density at radius 1 is 0.800 bits per heavy atom. The van der Waals surface area contributed by atoms with E-state index in [1.165, 1.54) is 0 Å². The Labute approximate surface area is 100.0 Å². The van der Waals surface area contributed by atoms with Gasteiger partial charge in [0.15, 0.2) is 0 Å². The molecule has 2 rings (SSSR count). The van der Waals surface area contributed by atoms with Crippen LogP contribution in [-0.2, 0) is 14.2 Å². The minimum Gasteiger partial charge on any atom is -0.337 e. The number of rotatable bonds is 2. The summed E-state index contributed by atoms with van der Waals surface area (Å²) in [4.78, 5) is 0. The molecule has 2 heterocycles. The van der Waals surface area contributed by atoms with Crippen molar-refractivity contribution in [1.29, 1.82) is 0 Å². The molecule has 5 heteroatoms. The van der Waals surface area contributed by atoms with Gasteiger partial charge in [-0.2, -0.15) is 0 Å².